The fourth-order valence-electron chi connectivity index (χ4n) is 4.60. The normalized spacial score (nSPS) is 14.3. The van der Waals surface area contributed by atoms with Gasteiger partial charge in [-0.2, -0.15) is 10.1 Å². The van der Waals surface area contributed by atoms with Crippen molar-refractivity contribution in [3.8, 4) is 11.3 Å². The minimum atomic E-state index is -3.91. The maximum absolute atomic E-state index is 12.8. The first-order valence-electron chi connectivity index (χ1n) is 12.5. The van der Waals surface area contributed by atoms with Gasteiger partial charge in [0.1, 0.15) is 10.6 Å². The molecule has 12 heteroatoms. The number of sulfonamides is 1. The largest absolute Gasteiger partial charge is 0.354 e. The van der Waals surface area contributed by atoms with Crippen LogP contribution in [0.15, 0.2) is 53.6 Å². The second kappa shape index (κ2) is 11.4. The number of aryl methyl sites for hydroxylation is 1. The summed E-state index contributed by atoms with van der Waals surface area (Å²) in [5.41, 5.74) is 2.63. The number of nitrogens with one attached hydrogen (secondary N) is 2. The molecule has 9 nitrogen and oxygen atoms in total. The highest BCUT2D eigenvalue weighted by Gasteiger charge is 2.20. The van der Waals surface area contributed by atoms with Crippen LogP contribution in [0.2, 0.25) is 10.0 Å². The van der Waals surface area contributed by atoms with Crippen LogP contribution in [-0.4, -0.2) is 59.2 Å². The molecule has 1 aliphatic heterocycles. The lowest BCUT2D eigenvalue weighted by atomic mass is 10.1. The van der Waals surface area contributed by atoms with Crippen molar-refractivity contribution in [1.82, 2.24) is 24.6 Å². The van der Waals surface area contributed by atoms with E-state index >= 15 is 0 Å². The van der Waals surface area contributed by atoms with E-state index in [-0.39, 0.29) is 14.9 Å². The minimum absolute atomic E-state index is 0.0193. The van der Waals surface area contributed by atoms with E-state index in [4.69, 9.17) is 23.2 Å². The van der Waals surface area contributed by atoms with Crippen LogP contribution < -0.4 is 10.0 Å². The van der Waals surface area contributed by atoms with E-state index < -0.39 is 10.0 Å². The molecule has 0 spiro atoms. The molecule has 0 radical (unpaired) electrons. The van der Waals surface area contributed by atoms with Crippen molar-refractivity contribution in [2.24, 2.45) is 7.05 Å². The van der Waals surface area contributed by atoms with Gasteiger partial charge in [0, 0.05) is 31.0 Å². The number of likely N-dealkylation sites (tertiary alicyclic amines) is 1. The van der Waals surface area contributed by atoms with E-state index in [1.54, 1.807) is 35.1 Å². The van der Waals surface area contributed by atoms with Crippen molar-refractivity contribution < 1.29 is 8.42 Å². The van der Waals surface area contributed by atoms with Crippen LogP contribution in [-0.2, 0) is 17.1 Å². The van der Waals surface area contributed by atoms with Gasteiger partial charge in [0.25, 0.3) is 10.0 Å². The lowest BCUT2D eigenvalue weighted by molar-refractivity contribution is 0.331. The average molecular weight is 575 g/mol. The Morgan fingerprint density at radius 1 is 1.03 bits per heavy atom. The third-order valence-electron chi connectivity index (χ3n) is 6.58. The summed E-state index contributed by atoms with van der Waals surface area (Å²) in [6.45, 7) is 4.43. The van der Waals surface area contributed by atoms with Crippen LogP contribution in [0.4, 0.5) is 11.6 Å². The molecule has 5 rings (SSSR count). The Balaban J connectivity index is 1.25. The van der Waals surface area contributed by atoms with E-state index in [0.29, 0.717) is 17.3 Å². The summed E-state index contributed by atoms with van der Waals surface area (Å²) in [5, 5.41) is 8.93. The fourth-order valence-corrected chi connectivity index (χ4v) is 6.42. The number of anilines is 2. The second-order valence-electron chi connectivity index (χ2n) is 9.32. The first kappa shape index (κ1) is 26.7. The molecular weight excluding hydrogens is 545 g/mol. The molecule has 1 aliphatic rings. The lowest BCUT2D eigenvalue weighted by Gasteiger charge is -2.13. The number of halogens is 2. The van der Waals surface area contributed by atoms with E-state index in [9.17, 15) is 8.42 Å². The number of aromatic nitrogens is 4. The molecule has 0 amide bonds. The van der Waals surface area contributed by atoms with Gasteiger partial charge in [-0.1, -0.05) is 41.4 Å². The van der Waals surface area contributed by atoms with Crippen molar-refractivity contribution in [3.05, 3.63) is 58.7 Å². The number of hydrogen-bond donors (Lipinski definition) is 2. The number of fused-ring (bicyclic) bond motifs is 1. The zero-order chi connectivity index (χ0) is 26.7. The topological polar surface area (TPSA) is 105 Å². The van der Waals surface area contributed by atoms with Gasteiger partial charge in [0.05, 0.1) is 15.4 Å². The molecule has 0 aliphatic carbocycles. The Bertz CT molecular complexity index is 1540. The molecule has 1 saturated heterocycles. The number of unbranched alkanes of at least 4 members (excludes halogenated alkanes) is 1. The third-order valence-corrected chi connectivity index (χ3v) is 8.93. The molecule has 0 unspecified atom stereocenters. The van der Waals surface area contributed by atoms with Gasteiger partial charge in [-0.15, -0.1) is 0 Å². The monoisotopic (exact) mass is 573 g/mol. The van der Waals surface area contributed by atoms with Gasteiger partial charge in [0.15, 0.2) is 5.65 Å². The molecular formula is C26H29Cl2N7O2S. The first-order valence-corrected chi connectivity index (χ1v) is 14.8. The highest BCUT2D eigenvalue weighted by molar-refractivity contribution is 7.92. The zero-order valence-electron chi connectivity index (χ0n) is 21.0. The van der Waals surface area contributed by atoms with Crippen LogP contribution in [0, 0.1) is 0 Å². The number of hydrogen-bond acceptors (Lipinski definition) is 7. The molecule has 1 fully saturated rings. The van der Waals surface area contributed by atoms with E-state index in [1.807, 2.05) is 7.05 Å². The maximum Gasteiger partial charge on any atom is 0.263 e. The van der Waals surface area contributed by atoms with Gasteiger partial charge in [0.2, 0.25) is 5.95 Å². The average Bonchev–Trinajstić information content (AvgIpc) is 3.53. The molecule has 0 saturated carbocycles. The van der Waals surface area contributed by atoms with Crippen LogP contribution in [0.3, 0.4) is 0 Å². The smallest absolute Gasteiger partial charge is 0.263 e. The van der Waals surface area contributed by atoms with Crippen molar-refractivity contribution in [2.75, 3.05) is 36.2 Å². The number of rotatable bonds is 10. The Labute approximate surface area is 232 Å². The van der Waals surface area contributed by atoms with E-state index in [0.717, 1.165) is 42.5 Å². The molecule has 38 heavy (non-hydrogen) atoms. The van der Waals surface area contributed by atoms with Crippen LogP contribution in [0.1, 0.15) is 25.7 Å². The lowest BCUT2D eigenvalue weighted by Crippen LogP contribution is -2.21. The van der Waals surface area contributed by atoms with Gasteiger partial charge in [-0.25, -0.2) is 18.1 Å². The molecule has 0 bridgehead atoms. The van der Waals surface area contributed by atoms with E-state index in [2.05, 4.69) is 30.0 Å². The fraction of sp³-hybridized carbons (Fsp3) is 0.346. The molecule has 2 N–H and O–H groups in total. The summed E-state index contributed by atoms with van der Waals surface area (Å²) in [6.07, 6.45) is 6.63. The minimum Gasteiger partial charge on any atom is -0.354 e. The molecule has 2 aromatic carbocycles. The summed E-state index contributed by atoms with van der Waals surface area (Å²) < 4.78 is 29.9. The first-order chi connectivity index (χ1) is 18.3. The Morgan fingerprint density at radius 2 is 1.79 bits per heavy atom. The summed E-state index contributed by atoms with van der Waals surface area (Å²) >= 11 is 12.1. The summed E-state index contributed by atoms with van der Waals surface area (Å²) in [7, 11) is -2.07. The summed E-state index contributed by atoms with van der Waals surface area (Å²) in [6, 6.07) is 11.4. The highest BCUT2D eigenvalue weighted by atomic mass is 35.5. The molecule has 200 valence electrons. The summed E-state index contributed by atoms with van der Waals surface area (Å²) in [4.78, 5) is 11.6. The Hall–Kier alpha value is -2.92. The molecule has 2 aromatic heterocycles. The van der Waals surface area contributed by atoms with Crippen molar-refractivity contribution in [1.29, 1.82) is 0 Å². The standard InChI is InChI=1S/C26H29Cl2N7O2S/c1-34-25-20(17-30-26(31-25)29-13-2-3-14-35-15-4-5-16-35)24(32-34)18-9-11-19(12-10-18)33-38(36,37)22-8-6-7-21(27)23(22)28/h6-12,17,33H,2-5,13-16H2,1H3,(H,29,30,31). The van der Waals surface area contributed by atoms with Gasteiger partial charge in [-0.3, -0.25) is 4.72 Å². The number of benzene rings is 2. The predicted octanol–water partition coefficient (Wildman–Crippen LogP) is 5.43. The van der Waals surface area contributed by atoms with Gasteiger partial charge < -0.3 is 10.2 Å². The van der Waals surface area contributed by atoms with Crippen LogP contribution >= 0.6 is 23.2 Å². The zero-order valence-corrected chi connectivity index (χ0v) is 23.3. The van der Waals surface area contributed by atoms with Crippen molar-refractivity contribution in [3.63, 3.8) is 0 Å². The second-order valence-corrected chi connectivity index (χ2v) is 11.8. The third kappa shape index (κ3) is 5.88. The van der Waals surface area contributed by atoms with Crippen LogP contribution in [0.25, 0.3) is 22.3 Å². The molecule has 4 aromatic rings. The highest BCUT2D eigenvalue weighted by Crippen LogP contribution is 2.31. The number of nitrogens with zero attached hydrogens (tertiary/aromatic N) is 5. The summed E-state index contributed by atoms with van der Waals surface area (Å²) in [5.74, 6) is 0.581. The van der Waals surface area contributed by atoms with Crippen LogP contribution in [0.5, 0.6) is 0 Å². The SMILES string of the molecule is Cn1nc(-c2ccc(NS(=O)(=O)c3cccc(Cl)c3Cl)cc2)c2cnc(NCCCCN3CCCC3)nc21. The van der Waals surface area contributed by atoms with Gasteiger partial charge in [-0.05, 0) is 69.6 Å². The molecule has 3 heterocycles. The van der Waals surface area contributed by atoms with E-state index in [1.165, 1.54) is 44.1 Å². The predicted molar refractivity (Wildman–Crippen MR) is 152 cm³/mol. The van der Waals surface area contributed by atoms with Crippen molar-refractivity contribution >= 4 is 55.9 Å². The Morgan fingerprint density at radius 3 is 2.55 bits per heavy atom. The quantitative estimate of drug-likeness (QED) is 0.244. The Kier molecular flexibility index (Phi) is 8.04. The maximum atomic E-state index is 12.8. The van der Waals surface area contributed by atoms with Crippen molar-refractivity contribution in [2.45, 2.75) is 30.6 Å². The molecule has 0 atom stereocenters. The van der Waals surface area contributed by atoms with Gasteiger partial charge >= 0.3 is 0 Å².